The first-order chi connectivity index (χ1) is 9.79. The van der Waals surface area contributed by atoms with Gasteiger partial charge in [-0.25, -0.2) is 0 Å². The van der Waals surface area contributed by atoms with Gasteiger partial charge in [-0.2, -0.15) is 0 Å². The maximum atomic E-state index is 5.90. The Morgan fingerprint density at radius 3 is 2.67 bits per heavy atom. The molecule has 0 radical (unpaired) electrons. The van der Waals surface area contributed by atoms with E-state index < -0.39 is 0 Å². The fourth-order valence-electron chi connectivity index (χ4n) is 2.92. The molecule has 0 spiro atoms. The van der Waals surface area contributed by atoms with Gasteiger partial charge in [-0.3, -0.25) is 4.90 Å². The minimum atomic E-state index is 0. The summed E-state index contributed by atoms with van der Waals surface area (Å²) >= 11 is 0. The number of halogens is 1. The third kappa shape index (κ3) is 6.25. The highest BCUT2D eigenvalue weighted by Gasteiger charge is 2.19. The van der Waals surface area contributed by atoms with Crippen molar-refractivity contribution in [3.8, 4) is 5.75 Å². The number of piperidine rings is 1. The lowest BCUT2D eigenvalue weighted by molar-refractivity contribution is 0.135. The Kier molecular flexibility index (Phi) is 8.74. The SMILES string of the molecule is CCCN(CCOc1cccc(C)c1)C1CCNCC1.Cl. The van der Waals surface area contributed by atoms with Crippen LogP contribution in [0.15, 0.2) is 24.3 Å². The summed E-state index contributed by atoms with van der Waals surface area (Å²) in [5.41, 5.74) is 1.26. The van der Waals surface area contributed by atoms with Crippen LogP contribution in [0.2, 0.25) is 0 Å². The summed E-state index contributed by atoms with van der Waals surface area (Å²) < 4.78 is 5.90. The summed E-state index contributed by atoms with van der Waals surface area (Å²) in [6.45, 7) is 9.68. The van der Waals surface area contributed by atoms with E-state index in [0.717, 1.165) is 38.0 Å². The zero-order valence-electron chi connectivity index (χ0n) is 13.3. The maximum Gasteiger partial charge on any atom is 0.119 e. The van der Waals surface area contributed by atoms with Gasteiger partial charge >= 0.3 is 0 Å². The van der Waals surface area contributed by atoms with Crippen LogP contribution in [0.3, 0.4) is 0 Å². The van der Waals surface area contributed by atoms with Crippen molar-refractivity contribution < 1.29 is 4.74 Å². The zero-order chi connectivity index (χ0) is 14.2. The lowest BCUT2D eigenvalue weighted by Gasteiger charge is -2.34. The molecule has 0 aromatic heterocycles. The largest absolute Gasteiger partial charge is 0.492 e. The second-order valence-corrected chi connectivity index (χ2v) is 5.68. The molecule has 0 atom stereocenters. The maximum absolute atomic E-state index is 5.90. The van der Waals surface area contributed by atoms with Gasteiger partial charge in [-0.05, 0) is 63.5 Å². The minimum absolute atomic E-state index is 0. The summed E-state index contributed by atoms with van der Waals surface area (Å²) in [6.07, 6.45) is 3.75. The Morgan fingerprint density at radius 2 is 2.00 bits per heavy atom. The van der Waals surface area contributed by atoms with Gasteiger partial charge in [0, 0.05) is 12.6 Å². The quantitative estimate of drug-likeness (QED) is 0.836. The van der Waals surface area contributed by atoms with Crippen LogP contribution >= 0.6 is 12.4 Å². The lowest BCUT2D eigenvalue weighted by atomic mass is 10.0. The van der Waals surface area contributed by atoms with E-state index in [0.29, 0.717) is 0 Å². The number of nitrogens with zero attached hydrogens (tertiary/aromatic N) is 1. The summed E-state index contributed by atoms with van der Waals surface area (Å²) in [6, 6.07) is 9.04. The van der Waals surface area contributed by atoms with Crippen molar-refractivity contribution in [2.75, 3.05) is 32.8 Å². The van der Waals surface area contributed by atoms with Gasteiger partial charge in [0.1, 0.15) is 12.4 Å². The van der Waals surface area contributed by atoms with Crippen molar-refractivity contribution >= 4 is 12.4 Å². The van der Waals surface area contributed by atoms with E-state index in [4.69, 9.17) is 4.74 Å². The molecule has 120 valence electrons. The van der Waals surface area contributed by atoms with E-state index in [9.17, 15) is 0 Å². The van der Waals surface area contributed by atoms with Crippen molar-refractivity contribution in [1.82, 2.24) is 10.2 Å². The summed E-state index contributed by atoms with van der Waals surface area (Å²) in [4.78, 5) is 2.61. The van der Waals surface area contributed by atoms with E-state index >= 15 is 0 Å². The molecule has 0 saturated carbocycles. The number of ether oxygens (including phenoxy) is 1. The molecule has 1 aliphatic rings. The van der Waals surface area contributed by atoms with Crippen molar-refractivity contribution in [3.05, 3.63) is 29.8 Å². The number of benzene rings is 1. The Bertz CT molecular complexity index is 394. The molecular formula is C17H29ClN2O. The van der Waals surface area contributed by atoms with E-state index in [1.165, 1.54) is 31.4 Å². The van der Waals surface area contributed by atoms with Crippen molar-refractivity contribution in [2.45, 2.75) is 39.2 Å². The van der Waals surface area contributed by atoms with Crippen LogP contribution in [0.25, 0.3) is 0 Å². The third-order valence-corrected chi connectivity index (χ3v) is 3.97. The van der Waals surface area contributed by atoms with Gasteiger partial charge < -0.3 is 10.1 Å². The van der Waals surface area contributed by atoms with Crippen LogP contribution in [0.5, 0.6) is 5.75 Å². The first-order valence-electron chi connectivity index (χ1n) is 7.94. The molecular weight excluding hydrogens is 284 g/mol. The molecule has 1 heterocycles. The zero-order valence-corrected chi connectivity index (χ0v) is 14.1. The highest BCUT2D eigenvalue weighted by atomic mass is 35.5. The molecule has 4 heteroatoms. The van der Waals surface area contributed by atoms with Gasteiger partial charge in [-0.1, -0.05) is 19.1 Å². The topological polar surface area (TPSA) is 24.5 Å². The second-order valence-electron chi connectivity index (χ2n) is 5.68. The second kappa shape index (κ2) is 10.0. The van der Waals surface area contributed by atoms with E-state index in [1.807, 2.05) is 6.07 Å². The fourth-order valence-corrected chi connectivity index (χ4v) is 2.92. The van der Waals surface area contributed by atoms with Crippen molar-refractivity contribution in [2.24, 2.45) is 0 Å². The Morgan fingerprint density at radius 1 is 1.24 bits per heavy atom. The monoisotopic (exact) mass is 312 g/mol. The van der Waals surface area contributed by atoms with E-state index in [1.54, 1.807) is 0 Å². The van der Waals surface area contributed by atoms with Crippen LogP contribution in [0.4, 0.5) is 0 Å². The molecule has 21 heavy (non-hydrogen) atoms. The number of nitrogens with one attached hydrogen (secondary N) is 1. The molecule has 0 bridgehead atoms. The van der Waals surface area contributed by atoms with Gasteiger partial charge in [0.05, 0.1) is 0 Å². The van der Waals surface area contributed by atoms with Crippen LogP contribution < -0.4 is 10.1 Å². The number of aryl methyl sites for hydroxylation is 1. The van der Waals surface area contributed by atoms with Crippen molar-refractivity contribution in [3.63, 3.8) is 0 Å². The molecule has 1 fully saturated rings. The molecule has 1 aromatic carbocycles. The molecule has 1 N–H and O–H groups in total. The first-order valence-corrected chi connectivity index (χ1v) is 7.94. The highest BCUT2D eigenvalue weighted by Crippen LogP contribution is 2.14. The van der Waals surface area contributed by atoms with Crippen LogP contribution in [-0.2, 0) is 0 Å². The summed E-state index contributed by atoms with van der Waals surface area (Å²) in [5.74, 6) is 0.992. The van der Waals surface area contributed by atoms with Gasteiger partial charge in [-0.15, -0.1) is 12.4 Å². The Labute approximate surface area is 135 Å². The average molecular weight is 313 g/mol. The highest BCUT2D eigenvalue weighted by molar-refractivity contribution is 5.85. The van der Waals surface area contributed by atoms with Gasteiger partial charge in [0.2, 0.25) is 0 Å². The smallest absolute Gasteiger partial charge is 0.119 e. The fraction of sp³-hybridized carbons (Fsp3) is 0.647. The van der Waals surface area contributed by atoms with Crippen LogP contribution in [0.1, 0.15) is 31.7 Å². The Hall–Kier alpha value is -0.770. The van der Waals surface area contributed by atoms with Crippen LogP contribution in [-0.4, -0.2) is 43.7 Å². The molecule has 2 rings (SSSR count). The summed E-state index contributed by atoms with van der Waals surface area (Å²) in [7, 11) is 0. The molecule has 0 unspecified atom stereocenters. The predicted octanol–water partition coefficient (Wildman–Crippen LogP) is 3.26. The normalized spacial score (nSPS) is 15.8. The minimum Gasteiger partial charge on any atom is -0.492 e. The molecule has 3 nitrogen and oxygen atoms in total. The lowest BCUT2D eigenvalue weighted by Crippen LogP contribution is -2.45. The summed E-state index contributed by atoms with van der Waals surface area (Å²) in [5, 5.41) is 3.44. The Balaban J connectivity index is 0.00000220. The number of rotatable bonds is 7. The standard InChI is InChI=1S/C17H28N2O.ClH/c1-3-11-19(16-7-9-18-10-8-16)12-13-20-17-6-4-5-15(2)14-17;/h4-6,14,16,18H,3,7-13H2,1-2H3;1H. The first kappa shape index (κ1) is 18.3. The van der Waals surface area contributed by atoms with Crippen LogP contribution in [0, 0.1) is 6.92 Å². The molecule has 0 aliphatic carbocycles. The van der Waals surface area contributed by atoms with Crippen molar-refractivity contribution in [1.29, 1.82) is 0 Å². The molecule has 1 saturated heterocycles. The predicted molar refractivity (Wildman–Crippen MR) is 91.7 cm³/mol. The number of hydrogen-bond acceptors (Lipinski definition) is 3. The van der Waals surface area contributed by atoms with E-state index in [-0.39, 0.29) is 12.4 Å². The molecule has 1 aliphatic heterocycles. The van der Waals surface area contributed by atoms with Gasteiger partial charge in [0.15, 0.2) is 0 Å². The molecule has 1 aromatic rings. The average Bonchev–Trinajstić information content (AvgIpc) is 2.47. The van der Waals surface area contributed by atoms with E-state index in [2.05, 4.69) is 42.3 Å². The molecule has 0 amide bonds. The van der Waals surface area contributed by atoms with Gasteiger partial charge in [0.25, 0.3) is 0 Å². The number of hydrogen-bond donors (Lipinski definition) is 1. The third-order valence-electron chi connectivity index (χ3n) is 3.97.